The number of carbonyl (C=O) groups is 1. The Labute approximate surface area is 115 Å². The van der Waals surface area contributed by atoms with Crippen molar-refractivity contribution in [3.05, 3.63) is 23.4 Å². The van der Waals surface area contributed by atoms with Crippen LogP contribution in [0.3, 0.4) is 0 Å². The van der Waals surface area contributed by atoms with Gasteiger partial charge in [-0.3, -0.25) is 4.79 Å². The Bertz CT molecular complexity index is 431. The highest BCUT2D eigenvalue weighted by Gasteiger charge is 2.10. The predicted molar refractivity (Wildman–Crippen MR) is 78.6 cm³/mol. The zero-order valence-corrected chi connectivity index (χ0v) is 12.4. The summed E-state index contributed by atoms with van der Waals surface area (Å²) in [4.78, 5) is 18.5. The molecule has 1 unspecified atom stereocenters. The number of carbonyl (C=O) groups excluding carboxylic acids is 1. The quantitative estimate of drug-likeness (QED) is 0.817. The molecule has 1 aromatic rings. The van der Waals surface area contributed by atoms with E-state index in [-0.39, 0.29) is 5.91 Å². The molecule has 1 amide bonds. The van der Waals surface area contributed by atoms with Crippen LogP contribution in [-0.2, 0) is 0 Å². The van der Waals surface area contributed by atoms with Crippen LogP contribution in [0.2, 0.25) is 0 Å². The summed E-state index contributed by atoms with van der Waals surface area (Å²) in [5.74, 6) is 0.687. The molecule has 1 rings (SSSR count). The fraction of sp³-hybridized carbons (Fsp3) is 0.571. The molecule has 5 heteroatoms. The fourth-order valence-electron chi connectivity index (χ4n) is 1.60. The number of pyridine rings is 1. The molecule has 5 nitrogen and oxygen atoms in total. The van der Waals surface area contributed by atoms with Crippen LogP contribution in [-0.4, -0.2) is 49.0 Å². The topological polar surface area (TPSA) is 57.3 Å². The van der Waals surface area contributed by atoms with Crippen molar-refractivity contribution in [2.24, 2.45) is 0 Å². The molecule has 0 aliphatic carbocycles. The number of amides is 1. The van der Waals surface area contributed by atoms with E-state index in [1.54, 1.807) is 12.1 Å². The molecule has 0 aliphatic rings. The first-order valence-corrected chi connectivity index (χ1v) is 6.61. The molecule has 19 heavy (non-hydrogen) atoms. The van der Waals surface area contributed by atoms with Crippen LogP contribution >= 0.6 is 0 Å². The van der Waals surface area contributed by atoms with Gasteiger partial charge in [-0.05, 0) is 47.0 Å². The second-order valence-electron chi connectivity index (χ2n) is 4.94. The monoisotopic (exact) mass is 264 g/mol. The molecule has 1 aromatic heterocycles. The van der Waals surface area contributed by atoms with E-state index < -0.39 is 0 Å². The summed E-state index contributed by atoms with van der Waals surface area (Å²) >= 11 is 0. The second kappa shape index (κ2) is 7.09. The molecule has 0 fully saturated rings. The summed E-state index contributed by atoms with van der Waals surface area (Å²) in [6, 6.07) is 3.89. The first-order chi connectivity index (χ1) is 8.93. The minimum absolute atomic E-state index is 0.0571. The van der Waals surface area contributed by atoms with E-state index in [0.717, 1.165) is 18.1 Å². The zero-order valence-electron chi connectivity index (χ0n) is 12.4. The first-order valence-electron chi connectivity index (χ1n) is 6.61. The lowest BCUT2D eigenvalue weighted by atomic mass is 10.2. The Morgan fingerprint density at radius 2 is 2.11 bits per heavy atom. The van der Waals surface area contributed by atoms with Gasteiger partial charge in [-0.2, -0.15) is 0 Å². The van der Waals surface area contributed by atoms with Gasteiger partial charge in [-0.25, -0.2) is 4.98 Å². The molecule has 0 spiro atoms. The van der Waals surface area contributed by atoms with Gasteiger partial charge < -0.3 is 15.5 Å². The molecule has 106 valence electrons. The minimum atomic E-state index is -0.0571. The third-order valence-corrected chi connectivity index (χ3v) is 3.01. The third-order valence-electron chi connectivity index (χ3n) is 3.01. The molecular weight excluding hydrogens is 240 g/mol. The zero-order chi connectivity index (χ0) is 14.4. The second-order valence-corrected chi connectivity index (χ2v) is 4.94. The highest BCUT2D eigenvalue weighted by molar-refractivity contribution is 5.95. The summed E-state index contributed by atoms with van der Waals surface area (Å²) in [6.45, 7) is 7.38. The number of rotatable bonds is 6. The Morgan fingerprint density at radius 1 is 1.42 bits per heavy atom. The molecule has 0 saturated heterocycles. The average molecular weight is 264 g/mol. The van der Waals surface area contributed by atoms with Crippen molar-refractivity contribution >= 4 is 11.7 Å². The van der Waals surface area contributed by atoms with Crippen molar-refractivity contribution in [3.8, 4) is 0 Å². The maximum atomic E-state index is 12.1. The van der Waals surface area contributed by atoms with Crippen LogP contribution in [0.4, 0.5) is 5.82 Å². The number of anilines is 1. The van der Waals surface area contributed by atoms with Crippen molar-refractivity contribution in [3.63, 3.8) is 0 Å². The number of hydrogen-bond donors (Lipinski definition) is 2. The lowest BCUT2D eigenvalue weighted by Gasteiger charge is -2.20. The average Bonchev–Trinajstić information content (AvgIpc) is 2.35. The van der Waals surface area contributed by atoms with E-state index in [1.165, 1.54) is 0 Å². The number of nitrogens with zero attached hydrogens (tertiary/aromatic N) is 2. The SMILES string of the molecule is CCNc1cc(C(=O)NCC(C)N(C)C)cc(C)n1. The van der Waals surface area contributed by atoms with Gasteiger partial charge in [0, 0.05) is 30.4 Å². The Hall–Kier alpha value is -1.62. The fourth-order valence-corrected chi connectivity index (χ4v) is 1.60. The first kappa shape index (κ1) is 15.4. The Balaban J connectivity index is 2.71. The van der Waals surface area contributed by atoms with Gasteiger partial charge in [0.25, 0.3) is 5.91 Å². The van der Waals surface area contributed by atoms with Crippen LogP contribution in [0.25, 0.3) is 0 Å². The summed E-state index contributed by atoms with van der Waals surface area (Å²) < 4.78 is 0. The van der Waals surface area contributed by atoms with Crippen molar-refractivity contribution < 1.29 is 4.79 Å². The van der Waals surface area contributed by atoms with E-state index in [1.807, 2.05) is 27.9 Å². The number of aryl methyl sites for hydroxylation is 1. The largest absolute Gasteiger partial charge is 0.370 e. The Morgan fingerprint density at radius 3 is 2.68 bits per heavy atom. The smallest absolute Gasteiger partial charge is 0.251 e. The molecule has 0 bridgehead atoms. The minimum Gasteiger partial charge on any atom is -0.370 e. The van der Waals surface area contributed by atoms with Crippen LogP contribution in [0.5, 0.6) is 0 Å². The number of nitrogens with one attached hydrogen (secondary N) is 2. The molecule has 0 radical (unpaired) electrons. The highest BCUT2D eigenvalue weighted by Crippen LogP contribution is 2.10. The van der Waals surface area contributed by atoms with Crippen molar-refractivity contribution in [1.82, 2.24) is 15.2 Å². The van der Waals surface area contributed by atoms with Gasteiger partial charge in [0.05, 0.1) is 0 Å². The van der Waals surface area contributed by atoms with E-state index in [4.69, 9.17) is 0 Å². The van der Waals surface area contributed by atoms with Crippen LogP contribution in [0.1, 0.15) is 29.9 Å². The molecule has 1 heterocycles. The van der Waals surface area contributed by atoms with Gasteiger partial charge in [0.2, 0.25) is 0 Å². The van der Waals surface area contributed by atoms with E-state index >= 15 is 0 Å². The summed E-state index contributed by atoms with van der Waals surface area (Å²) in [7, 11) is 3.99. The van der Waals surface area contributed by atoms with Crippen molar-refractivity contribution in [2.75, 3.05) is 32.5 Å². The maximum Gasteiger partial charge on any atom is 0.251 e. The van der Waals surface area contributed by atoms with E-state index in [2.05, 4.69) is 27.4 Å². The molecule has 0 saturated carbocycles. The maximum absolute atomic E-state index is 12.1. The van der Waals surface area contributed by atoms with Gasteiger partial charge >= 0.3 is 0 Å². The van der Waals surface area contributed by atoms with Gasteiger partial charge in [0.15, 0.2) is 0 Å². The van der Waals surface area contributed by atoms with Crippen LogP contribution < -0.4 is 10.6 Å². The molecule has 0 aromatic carbocycles. The number of likely N-dealkylation sites (N-methyl/N-ethyl adjacent to an activating group) is 1. The number of aromatic nitrogens is 1. The summed E-state index contributed by atoms with van der Waals surface area (Å²) in [5.41, 5.74) is 1.48. The number of hydrogen-bond acceptors (Lipinski definition) is 4. The predicted octanol–water partition coefficient (Wildman–Crippen LogP) is 1.50. The molecule has 1 atom stereocenters. The van der Waals surface area contributed by atoms with Gasteiger partial charge in [0.1, 0.15) is 5.82 Å². The van der Waals surface area contributed by atoms with Gasteiger partial charge in [-0.1, -0.05) is 0 Å². The van der Waals surface area contributed by atoms with Crippen molar-refractivity contribution in [2.45, 2.75) is 26.8 Å². The van der Waals surface area contributed by atoms with Crippen LogP contribution in [0, 0.1) is 6.92 Å². The third kappa shape index (κ3) is 4.87. The van der Waals surface area contributed by atoms with Gasteiger partial charge in [-0.15, -0.1) is 0 Å². The van der Waals surface area contributed by atoms with Crippen molar-refractivity contribution in [1.29, 1.82) is 0 Å². The molecular formula is C14H24N4O. The van der Waals surface area contributed by atoms with E-state index in [0.29, 0.717) is 18.2 Å². The Kier molecular flexibility index (Phi) is 5.76. The molecule has 0 aliphatic heterocycles. The van der Waals surface area contributed by atoms with E-state index in [9.17, 15) is 4.79 Å². The van der Waals surface area contributed by atoms with Crippen LogP contribution in [0.15, 0.2) is 12.1 Å². The lowest BCUT2D eigenvalue weighted by molar-refractivity contribution is 0.0943. The summed E-state index contributed by atoms with van der Waals surface area (Å²) in [6.07, 6.45) is 0. The highest BCUT2D eigenvalue weighted by atomic mass is 16.1. The lowest BCUT2D eigenvalue weighted by Crippen LogP contribution is -2.38. The normalized spacial score (nSPS) is 12.3. The molecule has 2 N–H and O–H groups in total. The standard InChI is InChI=1S/C14H24N4O/c1-6-15-13-8-12(7-10(2)17-13)14(19)16-9-11(3)18(4)5/h7-8,11H,6,9H2,1-5H3,(H,15,17)(H,16,19). The summed E-state index contributed by atoms with van der Waals surface area (Å²) in [5, 5.41) is 6.07.